The highest BCUT2D eigenvalue weighted by Crippen LogP contribution is 2.04. The molecule has 1 aromatic rings. The van der Waals surface area contributed by atoms with Crippen molar-refractivity contribution in [3.63, 3.8) is 0 Å². The Morgan fingerprint density at radius 1 is 1.46 bits per heavy atom. The lowest BCUT2D eigenvalue weighted by molar-refractivity contribution is 0.0735. The number of nitriles is 1. The van der Waals surface area contributed by atoms with Crippen molar-refractivity contribution in [3.8, 4) is 6.07 Å². The van der Waals surface area contributed by atoms with E-state index >= 15 is 0 Å². The molecule has 1 unspecified atom stereocenters. The number of nitrogens with zero attached hydrogens (tertiary/aromatic N) is 1. The lowest BCUT2D eigenvalue weighted by Gasteiger charge is -2.04. The standard InChI is InChI=1S/C10H9NO2/c1-13-9(7-11)10(12)8-5-3-2-4-6-8/h2-6,9H,1H3. The van der Waals surface area contributed by atoms with Crippen molar-refractivity contribution in [2.24, 2.45) is 0 Å². The van der Waals surface area contributed by atoms with Gasteiger partial charge in [0.1, 0.15) is 6.07 Å². The van der Waals surface area contributed by atoms with Crippen molar-refractivity contribution in [3.05, 3.63) is 35.9 Å². The molecule has 0 spiro atoms. The summed E-state index contributed by atoms with van der Waals surface area (Å²) in [6.45, 7) is 0. The molecule has 3 nitrogen and oxygen atoms in total. The minimum Gasteiger partial charge on any atom is -0.359 e. The molecule has 0 aliphatic heterocycles. The zero-order valence-corrected chi connectivity index (χ0v) is 7.23. The first-order valence-electron chi connectivity index (χ1n) is 3.81. The van der Waals surface area contributed by atoms with Crippen LogP contribution in [0, 0.1) is 11.3 Å². The third kappa shape index (κ3) is 2.14. The number of carbonyl (C=O) groups is 1. The van der Waals surface area contributed by atoms with Crippen LogP contribution in [-0.4, -0.2) is 19.0 Å². The van der Waals surface area contributed by atoms with Crippen LogP contribution in [0.2, 0.25) is 0 Å². The Morgan fingerprint density at radius 3 is 2.54 bits per heavy atom. The molecule has 13 heavy (non-hydrogen) atoms. The number of carbonyl (C=O) groups excluding carboxylic acids is 1. The molecule has 0 fully saturated rings. The van der Waals surface area contributed by atoms with Gasteiger partial charge in [0.2, 0.25) is 11.9 Å². The summed E-state index contributed by atoms with van der Waals surface area (Å²) in [6.07, 6.45) is -0.998. The molecule has 0 saturated carbocycles. The first-order chi connectivity index (χ1) is 6.29. The lowest BCUT2D eigenvalue weighted by Crippen LogP contribution is -2.20. The molecule has 0 heterocycles. The zero-order chi connectivity index (χ0) is 9.68. The van der Waals surface area contributed by atoms with Gasteiger partial charge in [0.15, 0.2) is 0 Å². The maximum Gasteiger partial charge on any atom is 0.206 e. The van der Waals surface area contributed by atoms with Crippen molar-refractivity contribution in [2.75, 3.05) is 7.11 Å². The number of Topliss-reactive ketones (excluding diaryl/α,β-unsaturated/α-hetero) is 1. The first-order valence-corrected chi connectivity index (χ1v) is 3.81. The molecular weight excluding hydrogens is 166 g/mol. The normalized spacial score (nSPS) is 11.7. The van der Waals surface area contributed by atoms with Gasteiger partial charge >= 0.3 is 0 Å². The maximum absolute atomic E-state index is 11.5. The molecule has 0 bridgehead atoms. The van der Waals surface area contributed by atoms with Gasteiger partial charge in [0, 0.05) is 12.7 Å². The van der Waals surface area contributed by atoms with E-state index in [4.69, 9.17) is 10.00 Å². The highest BCUT2D eigenvalue weighted by atomic mass is 16.5. The van der Waals surface area contributed by atoms with Crippen LogP contribution in [0.4, 0.5) is 0 Å². The van der Waals surface area contributed by atoms with Crippen molar-refractivity contribution >= 4 is 5.78 Å². The van der Waals surface area contributed by atoms with Crippen molar-refractivity contribution in [1.82, 2.24) is 0 Å². The lowest BCUT2D eigenvalue weighted by atomic mass is 10.1. The molecule has 0 aliphatic rings. The third-order valence-electron chi connectivity index (χ3n) is 1.65. The second kappa shape index (κ2) is 4.39. The highest BCUT2D eigenvalue weighted by Gasteiger charge is 2.17. The Hall–Kier alpha value is -1.66. The summed E-state index contributed by atoms with van der Waals surface area (Å²) in [5.74, 6) is -0.300. The molecule has 0 N–H and O–H groups in total. The molecule has 0 amide bonds. The molecule has 66 valence electrons. The number of methoxy groups -OCH3 is 1. The summed E-state index contributed by atoms with van der Waals surface area (Å²) in [5, 5.41) is 8.56. The molecule has 1 aromatic carbocycles. The highest BCUT2D eigenvalue weighted by molar-refractivity contribution is 6.01. The van der Waals surface area contributed by atoms with Crippen LogP contribution >= 0.6 is 0 Å². The van der Waals surface area contributed by atoms with Gasteiger partial charge < -0.3 is 4.74 Å². The van der Waals surface area contributed by atoms with E-state index in [1.165, 1.54) is 7.11 Å². The van der Waals surface area contributed by atoms with Gasteiger partial charge in [-0.1, -0.05) is 30.3 Å². The maximum atomic E-state index is 11.5. The SMILES string of the molecule is COC(C#N)C(=O)c1ccccc1. The van der Waals surface area contributed by atoms with Gasteiger partial charge in [-0.05, 0) is 0 Å². The predicted octanol–water partition coefficient (Wildman–Crippen LogP) is 1.41. The Morgan fingerprint density at radius 2 is 2.08 bits per heavy atom. The van der Waals surface area contributed by atoms with E-state index in [0.717, 1.165) is 0 Å². The van der Waals surface area contributed by atoms with E-state index < -0.39 is 6.10 Å². The second-order valence-corrected chi connectivity index (χ2v) is 2.48. The van der Waals surface area contributed by atoms with Crippen LogP contribution < -0.4 is 0 Å². The Bertz CT molecular complexity index is 327. The number of ketones is 1. The molecular formula is C10H9NO2. The van der Waals surface area contributed by atoms with Gasteiger partial charge in [-0.2, -0.15) is 5.26 Å². The van der Waals surface area contributed by atoms with Crippen LogP contribution in [0.15, 0.2) is 30.3 Å². The van der Waals surface area contributed by atoms with Gasteiger partial charge in [0.25, 0.3) is 0 Å². The van der Waals surface area contributed by atoms with E-state index in [0.29, 0.717) is 5.56 Å². The van der Waals surface area contributed by atoms with Gasteiger partial charge in [-0.3, -0.25) is 4.79 Å². The van der Waals surface area contributed by atoms with Crippen molar-refractivity contribution in [2.45, 2.75) is 6.10 Å². The van der Waals surface area contributed by atoms with Crippen LogP contribution in [0.1, 0.15) is 10.4 Å². The molecule has 0 radical (unpaired) electrons. The first kappa shape index (κ1) is 9.43. The van der Waals surface area contributed by atoms with Crippen molar-refractivity contribution in [1.29, 1.82) is 5.26 Å². The fourth-order valence-electron chi connectivity index (χ4n) is 0.972. The average molecular weight is 175 g/mol. The number of benzene rings is 1. The van der Waals surface area contributed by atoms with Crippen LogP contribution in [0.3, 0.4) is 0 Å². The Labute approximate surface area is 76.6 Å². The van der Waals surface area contributed by atoms with E-state index in [1.54, 1.807) is 30.3 Å². The summed E-state index contributed by atoms with van der Waals surface area (Å²) >= 11 is 0. The van der Waals surface area contributed by atoms with Crippen LogP contribution in [0.25, 0.3) is 0 Å². The fraction of sp³-hybridized carbons (Fsp3) is 0.200. The average Bonchev–Trinajstić information content (AvgIpc) is 2.21. The Balaban J connectivity index is 2.86. The minimum atomic E-state index is -0.998. The van der Waals surface area contributed by atoms with E-state index in [2.05, 4.69) is 0 Å². The fourth-order valence-corrected chi connectivity index (χ4v) is 0.972. The number of ether oxygens (including phenoxy) is 1. The number of hydrogen-bond donors (Lipinski definition) is 0. The quantitative estimate of drug-likeness (QED) is 0.652. The number of rotatable bonds is 3. The van der Waals surface area contributed by atoms with E-state index in [9.17, 15) is 4.79 Å². The topological polar surface area (TPSA) is 50.1 Å². The largest absolute Gasteiger partial charge is 0.359 e. The second-order valence-electron chi connectivity index (χ2n) is 2.48. The van der Waals surface area contributed by atoms with E-state index in [-0.39, 0.29) is 5.78 Å². The predicted molar refractivity (Wildman–Crippen MR) is 47.2 cm³/mol. The summed E-state index contributed by atoms with van der Waals surface area (Å²) in [4.78, 5) is 11.5. The molecule has 3 heteroatoms. The third-order valence-corrected chi connectivity index (χ3v) is 1.65. The Kier molecular flexibility index (Phi) is 3.18. The molecule has 1 rings (SSSR count). The summed E-state index contributed by atoms with van der Waals surface area (Å²) in [6, 6.07) is 10.4. The molecule has 0 aromatic heterocycles. The van der Waals surface area contributed by atoms with Crippen LogP contribution in [-0.2, 0) is 4.74 Å². The molecule has 0 saturated heterocycles. The monoisotopic (exact) mass is 175 g/mol. The van der Waals surface area contributed by atoms with Gasteiger partial charge in [-0.25, -0.2) is 0 Å². The van der Waals surface area contributed by atoms with Crippen molar-refractivity contribution < 1.29 is 9.53 Å². The smallest absolute Gasteiger partial charge is 0.206 e. The van der Waals surface area contributed by atoms with Crippen LogP contribution in [0.5, 0.6) is 0 Å². The molecule has 0 aliphatic carbocycles. The summed E-state index contributed by atoms with van der Waals surface area (Å²) in [7, 11) is 1.34. The zero-order valence-electron chi connectivity index (χ0n) is 7.23. The summed E-state index contributed by atoms with van der Waals surface area (Å²) < 4.78 is 4.71. The number of hydrogen-bond acceptors (Lipinski definition) is 3. The minimum absolute atomic E-state index is 0.300. The summed E-state index contributed by atoms with van der Waals surface area (Å²) in [5.41, 5.74) is 0.496. The van der Waals surface area contributed by atoms with Gasteiger partial charge in [0.05, 0.1) is 0 Å². The molecule has 1 atom stereocenters. The van der Waals surface area contributed by atoms with Gasteiger partial charge in [-0.15, -0.1) is 0 Å². The van der Waals surface area contributed by atoms with E-state index in [1.807, 2.05) is 6.07 Å².